The lowest BCUT2D eigenvalue weighted by Gasteiger charge is -2.24. The van der Waals surface area contributed by atoms with Gasteiger partial charge in [-0.25, -0.2) is 13.1 Å². The molecule has 1 unspecified atom stereocenters. The maximum absolute atomic E-state index is 12.8. The summed E-state index contributed by atoms with van der Waals surface area (Å²) in [7, 11) is 3.86. The van der Waals surface area contributed by atoms with Crippen LogP contribution in [0.2, 0.25) is 0 Å². The summed E-state index contributed by atoms with van der Waals surface area (Å²) >= 11 is 0. The number of rotatable bonds is 7. The Balaban J connectivity index is 1.88. The van der Waals surface area contributed by atoms with E-state index in [1.807, 2.05) is 45.1 Å². The van der Waals surface area contributed by atoms with Crippen molar-refractivity contribution < 1.29 is 13.2 Å². The summed E-state index contributed by atoms with van der Waals surface area (Å²) in [4.78, 5) is 2.27. The first-order valence-corrected chi connectivity index (χ1v) is 10.6. The molecule has 150 valence electrons. The van der Waals surface area contributed by atoms with Gasteiger partial charge >= 0.3 is 0 Å². The number of aromatic nitrogens is 1. The van der Waals surface area contributed by atoms with E-state index in [1.165, 1.54) is 0 Å². The van der Waals surface area contributed by atoms with Crippen molar-refractivity contribution in [1.29, 1.82) is 0 Å². The van der Waals surface area contributed by atoms with Crippen LogP contribution in [0.15, 0.2) is 53.6 Å². The smallest absolute Gasteiger partial charge is 0.240 e. The van der Waals surface area contributed by atoms with Crippen LogP contribution in [0.1, 0.15) is 17.2 Å². The zero-order valence-electron chi connectivity index (χ0n) is 16.9. The van der Waals surface area contributed by atoms with E-state index < -0.39 is 10.0 Å². The Hall–Kier alpha value is -2.35. The fraction of sp³-hybridized carbons (Fsp3) is 0.333. The standard InChI is InChI=1S/C21H27N3O3S/c1-15-12-16(10-11-21(15)27-5)28(25,26)22-13-20(23(2)3)18-14-24(4)19-9-7-6-8-17(18)19/h6-12,14,20,22H,13H2,1-5H3. The third-order valence-corrected chi connectivity index (χ3v) is 6.47. The molecule has 0 saturated heterocycles. The molecule has 0 aliphatic carbocycles. The van der Waals surface area contributed by atoms with Crippen molar-refractivity contribution in [3.8, 4) is 5.75 Å². The number of ether oxygens (including phenoxy) is 1. The number of benzene rings is 2. The molecule has 0 fully saturated rings. The van der Waals surface area contributed by atoms with Crippen molar-refractivity contribution in [2.45, 2.75) is 17.9 Å². The molecule has 3 rings (SSSR count). The second kappa shape index (κ2) is 7.95. The number of fused-ring (bicyclic) bond motifs is 1. The van der Waals surface area contributed by atoms with Crippen LogP contribution in [0.25, 0.3) is 10.9 Å². The van der Waals surface area contributed by atoms with Gasteiger partial charge in [-0.05, 0) is 56.4 Å². The van der Waals surface area contributed by atoms with Gasteiger partial charge < -0.3 is 14.2 Å². The van der Waals surface area contributed by atoms with E-state index in [1.54, 1.807) is 25.3 Å². The zero-order valence-corrected chi connectivity index (χ0v) is 17.7. The van der Waals surface area contributed by atoms with Gasteiger partial charge in [-0.1, -0.05) is 18.2 Å². The Kier molecular flexibility index (Phi) is 5.79. The molecular weight excluding hydrogens is 374 g/mol. The Morgan fingerprint density at radius 3 is 2.54 bits per heavy atom. The highest BCUT2D eigenvalue weighted by Crippen LogP contribution is 2.29. The second-order valence-corrected chi connectivity index (χ2v) is 8.94. The molecular formula is C21H27N3O3S. The van der Waals surface area contributed by atoms with Crippen LogP contribution in [0, 0.1) is 6.92 Å². The second-order valence-electron chi connectivity index (χ2n) is 7.18. The maximum atomic E-state index is 12.8. The van der Waals surface area contributed by atoms with Gasteiger partial charge in [0.25, 0.3) is 0 Å². The fourth-order valence-corrected chi connectivity index (χ4v) is 4.62. The monoisotopic (exact) mass is 401 g/mol. The summed E-state index contributed by atoms with van der Waals surface area (Å²) in [6.07, 6.45) is 2.07. The van der Waals surface area contributed by atoms with Crippen LogP contribution in [0.5, 0.6) is 5.75 Å². The quantitative estimate of drug-likeness (QED) is 0.661. The van der Waals surface area contributed by atoms with E-state index in [4.69, 9.17) is 4.74 Å². The summed E-state index contributed by atoms with van der Waals surface area (Å²) in [6, 6.07) is 12.9. The molecule has 3 aromatic rings. The molecule has 0 aliphatic rings. The average Bonchev–Trinajstić information content (AvgIpc) is 2.98. The van der Waals surface area contributed by atoms with Crippen molar-refractivity contribution in [1.82, 2.24) is 14.2 Å². The maximum Gasteiger partial charge on any atom is 0.240 e. The molecule has 28 heavy (non-hydrogen) atoms. The third kappa shape index (κ3) is 3.92. The van der Waals surface area contributed by atoms with Gasteiger partial charge in [-0.2, -0.15) is 0 Å². The average molecular weight is 402 g/mol. The van der Waals surface area contributed by atoms with Crippen molar-refractivity contribution in [3.05, 3.63) is 59.8 Å². The zero-order chi connectivity index (χ0) is 20.5. The predicted octanol–water partition coefficient (Wildman–Crippen LogP) is 3.08. The van der Waals surface area contributed by atoms with Crippen molar-refractivity contribution in [3.63, 3.8) is 0 Å². The number of nitrogens with one attached hydrogen (secondary N) is 1. The van der Waals surface area contributed by atoms with Gasteiger partial charge in [-0.15, -0.1) is 0 Å². The Morgan fingerprint density at radius 2 is 1.89 bits per heavy atom. The first-order chi connectivity index (χ1) is 13.2. The number of para-hydroxylation sites is 1. The molecule has 1 N–H and O–H groups in total. The Morgan fingerprint density at radius 1 is 1.18 bits per heavy atom. The number of hydrogen-bond acceptors (Lipinski definition) is 4. The first-order valence-electron chi connectivity index (χ1n) is 9.09. The fourth-order valence-electron chi connectivity index (χ4n) is 3.50. The molecule has 2 aromatic carbocycles. The molecule has 0 spiro atoms. The predicted molar refractivity (Wildman–Crippen MR) is 112 cm³/mol. The SMILES string of the molecule is COc1ccc(S(=O)(=O)NCC(c2cn(C)c3ccccc23)N(C)C)cc1C. The van der Waals surface area contributed by atoms with Crippen LogP contribution in [-0.4, -0.2) is 45.6 Å². The van der Waals surface area contributed by atoms with E-state index >= 15 is 0 Å². The highest BCUT2D eigenvalue weighted by molar-refractivity contribution is 7.89. The summed E-state index contributed by atoms with van der Waals surface area (Å²) in [5.74, 6) is 0.667. The van der Waals surface area contributed by atoms with Gasteiger partial charge in [0.15, 0.2) is 0 Å². The van der Waals surface area contributed by atoms with Crippen LogP contribution in [0.4, 0.5) is 0 Å². The van der Waals surface area contributed by atoms with E-state index in [2.05, 4.69) is 27.6 Å². The van der Waals surface area contributed by atoms with Crippen molar-refractivity contribution in [2.24, 2.45) is 7.05 Å². The van der Waals surface area contributed by atoms with Gasteiger partial charge in [0.2, 0.25) is 10.0 Å². The molecule has 1 atom stereocenters. The van der Waals surface area contributed by atoms with E-state index in [9.17, 15) is 8.42 Å². The molecule has 1 heterocycles. The number of aryl methyl sites for hydroxylation is 2. The first kappa shape index (κ1) is 20.4. The van der Waals surface area contributed by atoms with Gasteiger partial charge in [-0.3, -0.25) is 0 Å². The van der Waals surface area contributed by atoms with Crippen LogP contribution < -0.4 is 9.46 Å². The van der Waals surface area contributed by atoms with Crippen molar-refractivity contribution in [2.75, 3.05) is 27.7 Å². The summed E-state index contributed by atoms with van der Waals surface area (Å²) in [6.45, 7) is 2.10. The highest BCUT2D eigenvalue weighted by Gasteiger charge is 2.23. The van der Waals surface area contributed by atoms with E-state index in [-0.39, 0.29) is 17.5 Å². The summed E-state index contributed by atoms with van der Waals surface area (Å²) in [5, 5.41) is 1.13. The van der Waals surface area contributed by atoms with Crippen molar-refractivity contribution >= 4 is 20.9 Å². The van der Waals surface area contributed by atoms with Gasteiger partial charge in [0.1, 0.15) is 5.75 Å². The topological polar surface area (TPSA) is 63.6 Å². The van der Waals surface area contributed by atoms with Gasteiger partial charge in [0.05, 0.1) is 12.0 Å². The lowest BCUT2D eigenvalue weighted by atomic mass is 10.1. The van der Waals surface area contributed by atoms with Gasteiger partial charge in [0, 0.05) is 36.7 Å². The number of nitrogens with zero attached hydrogens (tertiary/aromatic N) is 2. The normalized spacial score (nSPS) is 13.2. The molecule has 0 bridgehead atoms. The van der Waals surface area contributed by atoms with Crippen LogP contribution >= 0.6 is 0 Å². The number of likely N-dealkylation sites (N-methyl/N-ethyl adjacent to an activating group) is 1. The number of methoxy groups -OCH3 is 1. The summed E-state index contributed by atoms with van der Waals surface area (Å²) in [5.41, 5.74) is 3.00. The molecule has 0 aliphatic heterocycles. The molecule has 0 amide bonds. The molecule has 0 radical (unpaired) electrons. The number of sulfonamides is 1. The molecule has 7 heteroatoms. The Bertz CT molecular complexity index is 1090. The summed E-state index contributed by atoms with van der Waals surface area (Å²) < 4.78 is 35.7. The van der Waals surface area contributed by atoms with E-state index in [0.717, 1.165) is 22.0 Å². The minimum Gasteiger partial charge on any atom is -0.496 e. The Labute approximate surface area is 166 Å². The van der Waals surface area contributed by atoms with E-state index in [0.29, 0.717) is 5.75 Å². The minimum absolute atomic E-state index is 0.0970. The highest BCUT2D eigenvalue weighted by atomic mass is 32.2. The lowest BCUT2D eigenvalue weighted by molar-refractivity contribution is 0.301. The largest absolute Gasteiger partial charge is 0.496 e. The molecule has 1 aromatic heterocycles. The minimum atomic E-state index is -3.63. The van der Waals surface area contributed by atoms with Crippen LogP contribution in [-0.2, 0) is 17.1 Å². The lowest BCUT2D eigenvalue weighted by Crippen LogP contribution is -2.34. The molecule has 6 nitrogen and oxygen atoms in total. The third-order valence-electron chi connectivity index (χ3n) is 5.05. The van der Waals surface area contributed by atoms with Crippen LogP contribution in [0.3, 0.4) is 0 Å². The molecule has 0 saturated carbocycles. The number of hydrogen-bond donors (Lipinski definition) is 1.